The number of hydrazone groups is 2. The fourth-order valence-corrected chi connectivity index (χ4v) is 2.83. The van der Waals surface area contributed by atoms with Crippen LogP contribution in [0.3, 0.4) is 0 Å². The van der Waals surface area contributed by atoms with Crippen LogP contribution in [0.4, 0.5) is 0 Å². The lowest BCUT2D eigenvalue weighted by Crippen LogP contribution is -2.17. The Bertz CT molecular complexity index is 735. The topological polar surface area (TPSA) is 82.9 Å². The molecule has 2 amide bonds. The van der Waals surface area contributed by atoms with E-state index in [1.165, 1.54) is 0 Å². The molecule has 0 radical (unpaired) electrons. The van der Waals surface area contributed by atoms with Crippen LogP contribution in [-0.2, 0) is 9.59 Å². The largest absolute Gasteiger partial charge is 0.273 e. The summed E-state index contributed by atoms with van der Waals surface area (Å²) in [4.78, 5) is 23.5. The molecule has 0 aromatic heterocycles. The molecule has 2 N–H and O–H groups in total. The third-order valence-electron chi connectivity index (χ3n) is 4.46. The molecule has 0 saturated carbocycles. The summed E-state index contributed by atoms with van der Waals surface area (Å²) < 4.78 is 0. The third kappa shape index (κ3) is 10.9. The number of hydrogen-bond acceptors (Lipinski definition) is 4. The van der Waals surface area contributed by atoms with Crippen LogP contribution < -0.4 is 10.9 Å². The smallest absolute Gasteiger partial charge is 0.240 e. The van der Waals surface area contributed by atoms with Crippen LogP contribution in [0.5, 0.6) is 0 Å². The van der Waals surface area contributed by atoms with Gasteiger partial charge in [-0.1, -0.05) is 86.3 Å². The van der Waals surface area contributed by atoms with Crippen molar-refractivity contribution in [2.45, 2.75) is 51.4 Å². The van der Waals surface area contributed by atoms with E-state index in [-0.39, 0.29) is 11.8 Å². The van der Waals surface area contributed by atoms with Crippen molar-refractivity contribution in [2.24, 2.45) is 10.2 Å². The average Bonchev–Trinajstić information content (AvgIpc) is 2.77. The molecule has 30 heavy (non-hydrogen) atoms. The van der Waals surface area contributed by atoms with Crippen molar-refractivity contribution in [3.05, 3.63) is 71.8 Å². The monoisotopic (exact) mass is 406 g/mol. The van der Waals surface area contributed by atoms with E-state index in [4.69, 9.17) is 0 Å². The molecule has 0 aliphatic rings. The summed E-state index contributed by atoms with van der Waals surface area (Å²) in [6.07, 6.45) is 10.1. The van der Waals surface area contributed by atoms with Crippen molar-refractivity contribution in [1.82, 2.24) is 10.9 Å². The zero-order valence-electron chi connectivity index (χ0n) is 17.3. The minimum absolute atomic E-state index is 0.0603. The van der Waals surface area contributed by atoms with Crippen molar-refractivity contribution in [2.75, 3.05) is 0 Å². The van der Waals surface area contributed by atoms with Gasteiger partial charge in [0.05, 0.1) is 12.4 Å². The standard InChI is InChI=1S/C24H30N4O2/c29-23(27-25-19-21-13-7-5-8-14-21)17-11-3-1-2-4-12-18-24(30)28-26-20-22-15-9-6-10-16-22/h5-10,13-16,19-20H,1-4,11-12,17-18H2,(H,27,29)(H,28,30)/b25-19-,26-20+. The molecule has 2 aromatic rings. The summed E-state index contributed by atoms with van der Waals surface area (Å²) >= 11 is 0. The SMILES string of the molecule is O=C(CCCCCCCCC(=O)N/N=C/c1ccccc1)N/N=C\c1ccccc1. The third-order valence-corrected chi connectivity index (χ3v) is 4.46. The quantitative estimate of drug-likeness (QED) is 0.293. The first kappa shape index (κ1) is 23.0. The van der Waals surface area contributed by atoms with E-state index in [1.54, 1.807) is 12.4 Å². The maximum Gasteiger partial charge on any atom is 0.240 e. The van der Waals surface area contributed by atoms with Gasteiger partial charge < -0.3 is 0 Å². The number of carbonyl (C=O) groups excluding carboxylic acids is 2. The highest BCUT2D eigenvalue weighted by atomic mass is 16.2. The molecule has 0 aliphatic carbocycles. The number of unbranched alkanes of at least 4 members (excludes halogenated alkanes) is 5. The van der Waals surface area contributed by atoms with Crippen LogP contribution in [-0.4, -0.2) is 24.2 Å². The summed E-state index contributed by atoms with van der Waals surface area (Å²) in [5.74, 6) is -0.121. The number of nitrogens with one attached hydrogen (secondary N) is 2. The molecular weight excluding hydrogens is 376 g/mol. The van der Waals surface area contributed by atoms with Gasteiger partial charge in [0.1, 0.15) is 0 Å². The van der Waals surface area contributed by atoms with Gasteiger partial charge in [-0.25, -0.2) is 10.9 Å². The molecule has 0 bridgehead atoms. The van der Waals surface area contributed by atoms with Crippen molar-refractivity contribution >= 4 is 24.2 Å². The Morgan fingerprint density at radius 2 is 0.967 bits per heavy atom. The Balaban J connectivity index is 1.41. The van der Waals surface area contributed by atoms with Gasteiger partial charge in [-0.3, -0.25) is 9.59 Å². The summed E-state index contributed by atoms with van der Waals surface area (Å²) in [6.45, 7) is 0. The van der Waals surface area contributed by atoms with Gasteiger partial charge in [-0.15, -0.1) is 0 Å². The first-order chi connectivity index (χ1) is 14.7. The lowest BCUT2D eigenvalue weighted by molar-refractivity contribution is -0.122. The summed E-state index contributed by atoms with van der Waals surface area (Å²) in [5.41, 5.74) is 7.02. The van der Waals surface area contributed by atoms with Crippen molar-refractivity contribution in [3.8, 4) is 0 Å². The molecule has 0 unspecified atom stereocenters. The normalized spacial score (nSPS) is 11.1. The number of carbonyl (C=O) groups is 2. The Kier molecular flexibility index (Phi) is 11.3. The van der Waals surface area contributed by atoms with Crippen LogP contribution in [0.2, 0.25) is 0 Å². The van der Waals surface area contributed by atoms with Gasteiger partial charge in [0, 0.05) is 12.8 Å². The van der Waals surface area contributed by atoms with Crippen LogP contribution in [0.15, 0.2) is 70.9 Å². The zero-order valence-corrected chi connectivity index (χ0v) is 17.3. The lowest BCUT2D eigenvalue weighted by Gasteiger charge is -2.02. The van der Waals surface area contributed by atoms with Gasteiger partial charge in [0.25, 0.3) is 0 Å². The van der Waals surface area contributed by atoms with Crippen LogP contribution >= 0.6 is 0 Å². The molecule has 2 rings (SSSR count). The predicted molar refractivity (Wildman–Crippen MR) is 121 cm³/mol. The molecule has 2 aromatic carbocycles. The number of nitrogens with zero attached hydrogens (tertiary/aromatic N) is 2. The highest BCUT2D eigenvalue weighted by molar-refractivity contribution is 5.82. The zero-order chi connectivity index (χ0) is 21.3. The van der Waals surface area contributed by atoms with E-state index in [1.807, 2.05) is 60.7 Å². The lowest BCUT2D eigenvalue weighted by atomic mass is 10.1. The Hall–Kier alpha value is -3.28. The second kappa shape index (κ2) is 14.7. The molecule has 0 saturated heterocycles. The number of rotatable bonds is 13. The Morgan fingerprint density at radius 1 is 0.600 bits per heavy atom. The maximum atomic E-state index is 11.7. The molecule has 0 aliphatic heterocycles. The average molecular weight is 407 g/mol. The maximum absolute atomic E-state index is 11.7. The summed E-state index contributed by atoms with van der Waals surface area (Å²) in [5, 5.41) is 7.93. The molecule has 0 spiro atoms. The van der Waals surface area contributed by atoms with Crippen molar-refractivity contribution in [1.29, 1.82) is 0 Å². The Labute approximate surface area is 178 Å². The molecule has 158 valence electrons. The number of benzene rings is 2. The first-order valence-electron chi connectivity index (χ1n) is 10.5. The minimum Gasteiger partial charge on any atom is -0.273 e. The van der Waals surface area contributed by atoms with Crippen molar-refractivity contribution in [3.63, 3.8) is 0 Å². The number of amides is 2. The van der Waals surface area contributed by atoms with E-state index in [2.05, 4.69) is 21.1 Å². The Morgan fingerprint density at radius 3 is 1.37 bits per heavy atom. The first-order valence-corrected chi connectivity index (χ1v) is 10.5. The predicted octanol–water partition coefficient (Wildman–Crippen LogP) is 4.41. The fraction of sp³-hybridized carbons (Fsp3) is 0.333. The van der Waals surface area contributed by atoms with E-state index in [0.717, 1.165) is 49.7 Å². The second-order valence-corrected chi connectivity index (χ2v) is 7.03. The molecule has 0 fully saturated rings. The van der Waals surface area contributed by atoms with Crippen LogP contribution in [0.1, 0.15) is 62.5 Å². The summed E-state index contributed by atoms with van der Waals surface area (Å²) in [6, 6.07) is 19.3. The van der Waals surface area contributed by atoms with Gasteiger partial charge in [-0.05, 0) is 24.0 Å². The summed E-state index contributed by atoms with van der Waals surface area (Å²) in [7, 11) is 0. The van der Waals surface area contributed by atoms with Gasteiger partial charge in [0.15, 0.2) is 0 Å². The van der Waals surface area contributed by atoms with E-state index in [0.29, 0.717) is 12.8 Å². The van der Waals surface area contributed by atoms with E-state index < -0.39 is 0 Å². The van der Waals surface area contributed by atoms with E-state index in [9.17, 15) is 9.59 Å². The minimum atomic E-state index is -0.0603. The van der Waals surface area contributed by atoms with E-state index >= 15 is 0 Å². The van der Waals surface area contributed by atoms with Gasteiger partial charge in [-0.2, -0.15) is 10.2 Å². The van der Waals surface area contributed by atoms with Gasteiger partial charge in [0.2, 0.25) is 11.8 Å². The highest BCUT2D eigenvalue weighted by Gasteiger charge is 2.01. The van der Waals surface area contributed by atoms with Gasteiger partial charge >= 0.3 is 0 Å². The second-order valence-electron chi connectivity index (χ2n) is 7.03. The highest BCUT2D eigenvalue weighted by Crippen LogP contribution is 2.08. The fourth-order valence-electron chi connectivity index (χ4n) is 2.83. The molecule has 6 heteroatoms. The molecular formula is C24H30N4O2. The molecule has 0 atom stereocenters. The molecule has 6 nitrogen and oxygen atoms in total. The van der Waals surface area contributed by atoms with Crippen molar-refractivity contribution < 1.29 is 9.59 Å². The molecule has 0 heterocycles. The number of hydrogen-bond donors (Lipinski definition) is 2. The van der Waals surface area contributed by atoms with Crippen LogP contribution in [0.25, 0.3) is 0 Å². The van der Waals surface area contributed by atoms with Crippen LogP contribution in [0, 0.1) is 0 Å².